The summed E-state index contributed by atoms with van der Waals surface area (Å²) in [5.74, 6) is -1.14. The standard InChI is InChI=1S/C9H18N2O4/c1-2-3-5-10-9(15)11-7(4-6-12)8(13)14/h7,12H,2-6H2,1H3,(H,13,14)(H2,10,11,15)/t7-/m0/s1. The van der Waals surface area contributed by atoms with E-state index in [1.807, 2.05) is 6.92 Å². The average Bonchev–Trinajstić information content (AvgIpc) is 2.17. The zero-order valence-electron chi connectivity index (χ0n) is 8.82. The van der Waals surface area contributed by atoms with Crippen molar-refractivity contribution in [1.29, 1.82) is 0 Å². The number of hydrogen-bond acceptors (Lipinski definition) is 3. The van der Waals surface area contributed by atoms with Gasteiger partial charge in [-0.3, -0.25) is 0 Å². The van der Waals surface area contributed by atoms with Gasteiger partial charge >= 0.3 is 12.0 Å². The van der Waals surface area contributed by atoms with Crippen LogP contribution in [0.15, 0.2) is 0 Å². The first-order valence-electron chi connectivity index (χ1n) is 4.99. The summed E-state index contributed by atoms with van der Waals surface area (Å²) in [6, 6.07) is -1.54. The predicted octanol–water partition coefficient (Wildman–Crippen LogP) is -0.0787. The summed E-state index contributed by atoms with van der Waals surface area (Å²) in [7, 11) is 0. The highest BCUT2D eigenvalue weighted by Crippen LogP contribution is 1.91. The van der Waals surface area contributed by atoms with Gasteiger partial charge in [0.2, 0.25) is 0 Å². The van der Waals surface area contributed by atoms with E-state index in [0.29, 0.717) is 6.54 Å². The fourth-order valence-electron chi connectivity index (χ4n) is 0.974. The third kappa shape index (κ3) is 6.73. The molecule has 4 N–H and O–H groups in total. The third-order valence-corrected chi connectivity index (χ3v) is 1.84. The maximum absolute atomic E-state index is 11.1. The van der Waals surface area contributed by atoms with Gasteiger partial charge in [0.1, 0.15) is 6.04 Å². The van der Waals surface area contributed by atoms with E-state index < -0.39 is 18.0 Å². The molecule has 0 saturated carbocycles. The van der Waals surface area contributed by atoms with E-state index >= 15 is 0 Å². The van der Waals surface area contributed by atoms with Crippen LogP contribution >= 0.6 is 0 Å². The fraction of sp³-hybridized carbons (Fsp3) is 0.778. The Morgan fingerprint density at radius 2 is 2.07 bits per heavy atom. The molecule has 0 aliphatic rings. The molecule has 0 heterocycles. The molecule has 15 heavy (non-hydrogen) atoms. The van der Waals surface area contributed by atoms with Crippen LogP contribution in [0.4, 0.5) is 4.79 Å². The molecule has 0 aromatic rings. The van der Waals surface area contributed by atoms with Crippen molar-refractivity contribution in [3.8, 4) is 0 Å². The van der Waals surface area contributed by atoms with Crippen molar-refractivity contribution >= 4 is 12.0 Å². The Kier molecular flexibility index (Phi) is 7.35. The molecule has 0 unspecified atom stereocenters. The van der Waals surface area contributed by atoms with Gasteiger partial charge in [0.25, 0.3) is 0 Å². The summed E-state index contributed by atoms with van der Waals surface area (Å²) in [6.45, 7) is 2.24. The minimum atomic E-state index is -1.14. The number of carbonyl (C=O) groups is 2. The molecule has 0 bridgehead atoms. The SMILES string of the molecule is CCCCNC(=O)N[C@@H](CCO)C(=O)O. The van der Waals surface area contributed by atoms with E-state index in [1.165, 1.54) is 0 Å². The van der Waals surface area contributed by atoms with Crippen LogP contribution in [0.25, 0.3) is 0 Å². The molecule has 0 aromatic heterocycles. The Balaban J connectivity index is 3.84. The number of hydrogen-bond donors (Lipinski definition) is 4. The first kappa shape index (κ1) is 13.7. The molecule has 0 aliphatic carbocycles. The van der Waals surface area contributed by atoms with Crippen molar-refractivity contribution in [1.82, 2.24) is 10.6 Å². The molecule has 2 amide bonds. The zero-order valence-corrected chi connectivity index (χ0v) is 8.82. The number of aliphatic hydroxyl groups is 1. The van der Waals surface area contributed by atoms with Crippen molar-refractivity contribution in [2.24, 2.45) is 0 Å². The lowest BCUT2D eigenvalue weighted by molar-refractivity contribution is -0.139. The van der Waals surface area contributed by atoms with E-state index in [0.717, 1.165) is 12.8 Å². The van der Waals surface area contributed by atoms with E-state index in [-0.39, 0.29) is 13.0 Å². The molecule has 0 aromatic carbocycles. The molecule has 0 radical (unpaired) electrons. The van der Waals surface area contributed by atoms with Crippen LogP contribution in [0, 0.1) is 0 Å². The Morgan fingerprint density at radius 1 is 1.40 bits per heavy atom. The van der Waals surface area contributed by atoms with Crippen molar-refractivity contribution in [2.45, 2.75) is 32.2 Å². The summed E-state index contributed by atoms with van der Waals surface area (Å²) >= 11 is 0. The van der Waals surface area contributed by atoms with E-state index in [4.69, 9.17) is 10.2 Å². The lowest BCUT2D eigenvalue weighted by Gasteiger charge is -2.13. The quantitative estimate of drug-likeness (QED) is 0.449. The van der Waals surface area contributed by atoms with Crippen LogP contribution in [0.1, 0.15) is 26.2 Å². The summed E-state index contributed by atoms with van der Waals surface area (Å²) in [5, 5.41) is 22.0. The second-order valence-electron chi connectivity index (χ2n) is 3.16. The average molecular weight is 218 g/mol. The molecule has 0 aliphatic heterocycles. The van der Waals surface area contributed by atoms with Crippen molar-refractivity contribution in [3.05, 3.63) is 0 Å². The number of aliphatic carboxylic acids is 1. The topological polar surface area (TPSA) is 98.7 Å². The number of amides is 2. The first-order chi connectivity index (χ1) is 7.11. The minimum Gasteiger partial charge on any atom is -0.480 e. The largest absolute Gasteiger partial charge is 0.480 e. The number of rotatable bonds is 7. The molecule has 0 rings (SSSR count). The molecule has 1 atom stereocenters. The van der Waals surface area contributed by atoms with Gasteiger partial charge in [-0.2, -0.15) is 0 Å². The molecular weight excluding hydrogens is 200 g/mol. The van der Waals surface area contributed by atoms with Gasteiger partial charge in [-0.15, -0.1) is 0 Å². The summed E-state index contributed by atoms with van der Waals surface area (Å²) in [6.07, 6.45) is 1.82. The molecule has 88 valence electrons. The summed E-state index contributed by atoms with van der Waals surface area (Å²) < 4.78 is 0. The maximum atomic E-state index is 11.1. The monoisotopic (exact) mass is 218 g/mol. The highest BCUT2D eigenvalue weighted by molar-refractivity contribution is 5.82. The van der Waals surface area contributed by atoms with Crippen LogP contribution < -0.4 is 10.6 Å². The molecule has 6 nitrogen and oxygen atoms in total. The second kappa shape index (κ2) is 8.05. The van der Waals surface area contributed by atoms with Gasteiger partial charge in [0.05, 0.1) is 0 Å². The van der Waals surface area contributed by atoms with Crippen molar-refractivity contribution in [2.75, 3.05) is 13.2 Å². The number of carbonyl (C=O) groups excluding carboxylic acids is 1. The Hall–Kier alpha value is -1.30. The lowest BCUT2D eigenvalue weighted by Crippen LogP contribution is -2.46. The predicted molar refractivity (Wildman–Crippen MR) is 54.6 cm³/mol. The number of aliphatic hydroxyl groups excluding tert-OH is 1. The highest BCUT2D eigenvalue weighted by atomic mass is 16.4. The third-order valence-electron chi connectivity index (χ3n) is 1.84. The van der Waals surface area contributed by atoms with Crippen molar-refractivity contribution in [3.63, 3.8) is 0 Å². The molecule has 0 saturated heterocycles. The molecule has 0 fully saturated rings. The minimum absolute atomic E-state index is 0.0104. The number of carboxylic acids is 1. The smallest absolute Gasteiger partial charge is 0.326 e. The van der Waals surface area contributed by atoms with Gasteiger partial charge in [0.15, 0.2) is 0 Å². The lowest BCUT2D eigenvalue weighted by atomic mass is 10.2. The molecular formula is C9H18N2O4. The molecule has 6 heteroatoms. The van der Waals surface area contributed by atoms with Gasteiger partial charge in [-0.05, 0) is 6.42 Å². The Morgan fingerprint density at radius 3 is 2.53 bits per heavy atom. The maximum Gasteiger partial charge on any atom is 0.326 e. The van der Waals surface area contributed by atoms with Crippen LogP contribution in [0.5, 0.6) is 0 Å². The summed E-state index contributed by atoms with van der Waals surface area (Å²) in [4.78, 5) is 21.7. The Labute approximate surface area is 88.7 Å². The number of unbranched alkanes of at least 4 members (excludes halogenated alkanes) is 1. The van der Waals surface area contributed by atoms with Gasteiger partial charge < -0.3 is 20.8 Å². The van der Waals surface area contributed by atoms with Gasteiger partial charge in [0, 0.05) is 19.6 Å². The number of nitrogens with one attached hydrogen (secondary N) is 2. The number of carboxylic acid groups (broad SMARTS) is 1. The van der Waals surface area contributed by atoms with Crippen LogP contribution in [-0.2, 0) is 4.79 Å². The second-order valence-corrected chi connectivity index (χ2v) is 3.16. The zero-order chi connectivity index (χ0) is 11.7. The summed E-state index contributed by atoms with van der Waals surface area (Å²) in [5.41, 5.74) is 0. The highest BCUT2D eigenvalue weighted by Gasteiger charge is 2.18. The Bertz CT molecular complexity index is 208. The fourth-order valence-corrected chi connectivity index (χ4v) is 0.974. The van der Waals surface area contributed by atoms with Crippen molar-refractivity contribution < 1.29 is 19.8 Å². The van der Waals surface area contributed by atoms with Crippen LogP contribution in [-0.4, -0.2) is 41.4 Å². The van der Waals surface area contributed by atoms with E-state index in [2.05, 4.69) is 10.6 Å². The first-order valence-corrected chi connectivity index (χ1v) is 4.99. The van der Waals surface area contributed by atoms with E-state index in [9.17, 15) is 9.59 Å². The number of urea groups is 1. The van der Waals surface area contributed by atoms with Gasteiger partial charge in [-0.1, -0.05) is 13.3 Å². The van der Waals surface area contributed by atoms with Gasteiger partial charge in [-0.25, -0.2) is 9.59 Å². The van der Waals surface area contributed by atoms with E-state index in [1.54, 1.807) is 0 Å². The normalized spacial score (nSPS) is 11.9. The van der Waals surface area contributed by atoms with Crippen LogP contribution in [0.3, 0.4) is 0 Å². The van der Waals surface area contributed by atoms with Crippen LogP contribution in [0.2, 0.25) is 0 Å². The molecule has 0 spiro atoms.